The second-order valence-electron chi connectivity index (χ2n) is 7.49. The summed E-state index contributed by atoms with van der Waals surface area (Å²) < 4.78 is 1.90. The van der Waals surface area contributed by atoms with Crippen LogP contribution in [0.5, 0.6) is 0 Å². The SMILES string of the molecule is Cc1ccc(-n2nc(C)c(NC(=O)CN3CCCC3c3cccs3)c2C)cc1. The second-order valence-corrected chi connectivity index (χ2v) is 8.46. The Morgan fingerprint density at radius 1 is 1.21 bits per heavy atom. The van der Waals surface area contributed by atoms with E-state index in [9.17, 15) is 4.79 Å². The third-order valence-electron chi connectivity index (χ3n) is 5.42. The Morgan fingerprint density at radius 2 is 2.00 bits per heavy atom. The molecule has 3 heterocycles. The van der Waals surface area contributed by atoms with Gasteiger partial charge in [-0.25, -0.2) is 4.68 Å². The van der Waals surface area contributed by atoms with Crippen LogP contribution in [0.15, 0.2) is 41.8 Å². The van der Waals surface area contributed by atoms with E-state index in [0.29, 0.717) is 12.6 Å². The fourth-order valence-corrected chi connectivity index (χ4v) is 4.84. The van der Waals surface area contributed by atoms with Gasteiger partial charge in [-0.2, -0.15) is 5.10 Å². The normalized spacial score (nSPS) is 17.2. The molecule has 0 spiro atoms. The van der Waals surface area contributed by atoms with E-state index in [4.69, 9.17) is 0 Å². The van der Waals surface area contributed by atoms with E-state index in [0.717, 1.165) is 42.1 Å². The smallest absolute Gasteiger partial charge is 0.238 e. The number of likely N-dealkylation sites (tertiary alicyclic amines) is 1. The van der Waals surface area contributed by atoms with Crippen LogP contribution in [0.2, 0.25) is 0 Å². The molecule has 1 amide bonds. The molecule has 4 rings (SSSR count). The number of hydrogen-bond acceptors (Lipinski definition) is 4. The van der Waals surface area contributed by atoms with E-state index in [1.807, 2.05) is 18.5 Å². The summed E-state index contributed by atoms with van der Waals surface area (Å²) in [5.74, 6) is 0.0260. The van der Waals surface area contributed by atoms with Gasteiger partial charge in [0.05, 0.1) is 29.3 Å². The van der Waals surface area contributed by atoms with Crippen molar-refractivity contribution in [1.82, 2.24) is 14.7 Å². The predicted octanol–water partition coefficient (Wildman–Crippen LogP) is 4.63. The lowest BCUT2D eigenvalue weighted by Crippen LogP contribution is -2.32. The van der Waals surface area contributed by atoms with Crippen LogP contribution in [-0.4, -0.2) is 33.7 Å². The first kappa shape index (κ1) is 18.9. The molecule has 1 N–H and O–H groups in total. The van der Waals surface area contributed by atoms with Crippen LogP contribution in [0.1, 0.15) is 40.7 Å². The molecule has 1 saturated heterocycles. The van der Waals surface area contributed by atoms with Crippen molar-refractivity contribution >= 4 is 22.9 Å². The zero-order valence-electron chi connectivity index (χ0n) is 16.6. The highest BCUT2D eigenvalue weighted by Gasteiger charge is 2.28. The average Bonchev–Trinajstić information content (AvgIpc) is 3.40. The summed E-state index contributed by atoms with van der Waals surface area (Å²) in [4.78, 5) is 16.4. The van der Waals surface area contributed by atoms with Gasteiger partial charge in [0.2, 0.25) is 5.91 Å². The Kier molecular flexibility index (Phi) is 5.33. The quantitative estimate of drug-likeness (QED) is 0.686. The summed E-state index contributed by atoms with van der Waals surface area (Å²) in [5.41, 5.74) is 4.82. The minimum Gasteiger partial charge on any atom is -0.322 e. The molecule has 0 radical (unpaired) electrons. The topological polar surface area (TPSA) is 50.2 Å². The summed E-state index contributed by atoms with van der Waals surface area (Å²) in [6.07, 6.45) is 2.26. The number of rotatable bonds is 5. The van der Waals surface area contributed by atoms with Crippen LogP contribution in [0.25, 0.3) is 5.69 Å². The number of hydrogen-bond donors (Lipinski definition) is 1. The van der Waals surface area contributed by atoms with Crippen molar-refractivity contribution in [2.45, 2.75) is 39.7 Å². The highest BCUT2D eigenvalue weighted by molar-refractivity contribution is 7.10. The molecular weight excluding hydrogens is 368 g/mol. The molecule has 0 aliphatic carbocycles. The first-order valence-electron chi connectivity index (χ1n) is 9.73. The summed E-state index contributed by atoms with van der Waals surface area (Å²) in [6, 6.07) is 12.9. The van der Waals surface area contributed by atoms with Gasteiger partial charge >= 0.3 is 0 Å². The number of amides is 1. The van der Waals surface area contributed by atoms with Crippen molar-refractivity contribution < 1.29 is 4.79 Å². The van der Waals surface area contributed by atoms with Gasteiger partial charge in [-0.1, -0.05) is 23.8 Å². The standard InChI is InChI=1S/C22H26N4OS/c1-15-8-10-18(11-9-15)26-17(3)22(16(2)24-26)23-21(27)14-25-12-4-6-19(25)20-7-5-13-28-20/h5,7-11,13,19H,4,6,12,14H2,1-3H3,(H,23,27). The summed E-state index contributed by atoms with van der Waals surface area (Å²) >= 11 is 1.78. The third kappa shape index (κ3) is 3.75. The van der Waals surface area contributed by atoms with Gasteiger partial charge in [0.25, 0.3) is 0 Å². The second kappa shape index (κ2) is 7.89. The van der Waals surface area contributed by atoms with E-state index < -0.39 is 0 Å². The zero-order valence-corrected chi connectivity index (χ0v) is 17.4. The Labute approximate surface area is 170 Å². The van der Waals surface area contributed by atoms with Gasteiger partial charge < -0.3 is 5.32 Å². The van der Waals surface area contributed by atoms with Crippen molar-refractivity contribution in [2.75, 3.05) is 18.4 Å². The molecule has 1 aliphatic rings. The van der Waals surface area contributed by atoms with Crippen molar-refractivity contribution in [1.29, 1.82) is 0 Å². The molecule has 1 unspecified atom stereocenters. The van der Waals surface area contributed by atoms with Crippen molar-refractivity contribution in [3.05, 3.63) is 63.6 Å². The lowest BCUT2D eigenvalue weighted by atomic mass is 10.2. The number of aryl methyl sites for hydroxylation is 2. The molecule has 146 valence electrons. The van der Waals surface area contributed by atoms with Gasteiger partial charge in [-0.05, 0) is 63.7 Å². The molecular formula is C22H26N4OS. The summed E-state index contributed by atoms with van der Waals surface area (Å²) in [7, 11) is 0. The maximum absolute atomic E-state index is 12.8. The van der Waals surface area contributed by atoms with Gasteiger partial charge in [0.1, 0.15) is 0 Å². The largest absolute Gasteiger partial charge is 0.322 e. The Balaban J connectivity index is 1.48. The molecule has 1 aromatic carbocycles. The summed E-state index contributed by atoms with van der Waals surface area (Å²) in [5, 5.41) is 9.86. The van der Waals surface area contributed by atoms with Crippen molar-refractivity contribution in [2.24, 2.45) is 0 Å². The molecule has 5 nitrogen and oxygen atoms in total. The van der Waals surface area contributed by atoms with Crippen LogP contribution < -0.4 is 5.32 Å². The Hall–Kier alpha value is -2.44. The predicted molar refractivity (Wildman–Crippen MR) is 114 cm³/mol. The minimum absolute atomic E-state index is 0.0260. The van der Waals surface area contributed by atoms with Crippen LogP contribution in [0.4, 0.5) is 5.69 Å². The fraction of sp³-hybridized carbons (Fsp3) is 0.364. The van der Waals surface area contributed by atoms with Crippen molar-refractivity contribution in [3.63, 3.8) is 0 Å². The average molecular weight is 395 g/mol. The minimum atomic E-state index is 0.0260. The number of benzene rings is 1. The van der Waals surface area contributed by atoms with E-state index in [1.165, 1.54) is 10.4 Å². The number of aromatic nitrogens is 2. The van der Waals surface area contributed by atoms with Crippen LogP contribution in [0, 0.1) is 20.8 Å². The molecule has 0 saturated carbocycles. The first-order valence-corrected chi connectivity index (χ1v) is 10.6. The maximum atomic E-state index is 12.8. The Bertz CT molecular complexity index is 959. The molecule has 1 atom stereocenters. The van der Waals surface area contributed by atoms with Crippen LogP contribution in [0.3, 0.4) is 0 Å². The zero-order chi connectivity index (χ0) is 19.7. The van der Waals surface area contributed by atoms with E-state index in [2.05, 4.69) is 64.0 Å². The lowest BCUT2D eigenvalue weighted by molar-refractivity contribution is -0.117. The number of thiophene rings is 1. The van der Waals surface area contributed by atoms with Gasteiger partial charge in [0.15, 0.2) is 0 Å². The van der Waals surface area contributed by atoms with Crippen molar-refractivity contribution in [3.8, 4) is 5.69 Å². The molecule has 1 fully saturated rings. The van der Waals surface area contributed by atoms with Gasteiger partial charge in [-0.15, -0.1) is 11.3 Å². The van der Waals surface area contributed by atoms with E-state index >= 15 is 0 Å². The highest BCUT2D eigenvalue weighted by Crippen LogP contribution is 2.34. The number of carbonyl (C=O) groups is 1. The molecule has 2 aromatic heterocycles. The lowest BCUT2D eigenvalue weighted by Gasteiger charge is -2.22. The Morgan fingerprint density at radius 3 is 2.71 bits per heavy atom. The molecule has 1 aliphatic heterocycles. The maximum Gasteiger partial charge on any atom is 0.238 e. The number of anilines is 1. The fourth-order valence-electron chi connectivity index (χ4n) is 3.94. The van der Waals surface area contributed by atoms with Crippen LogP contribution >= 0.6 is 11.3 Å². The third-order valence-corrected chi connectivity index (χ3v) is 6.39. The van der Waals surface area contributed by atoms with E-state index in [1.54, 1.807) is 11.3 Å². The van der Waals surface area contributed by atoms with Crippen LogP contribution in [-0.2, 0) is 4.79 Å². The van der Waals surface area contributed by atoms with E-state index in [-0.39, 0.29) is 5.91 Å². The number of carbonyl (C=O) groups excluding carboxylic acids is 1. The highest BCUT2D eigenvalue weighted by atomic mass is 32.1. The molecule has 0 bridgehead atoms. The molecule has 28 heavy (non-hydrogen) atoms. The van der Waals surface area contributed by atoms with Gasteiger partial charge in [-0.3, -0.25) is 9.69 Å². The monoisotopic (exact) mass is 394 g/mol. The van der Waals surface area contributed by atoms with Gasteiger partial charge in [0, 0.05) is 10.9 Å². The number of nitrogens with one attached hydrogen (secondary N) is 1. The molecule has 3 aromatic rings. The molecule has 6 heteroatoms. The number of nitrogens with zero attached hydrogens (tertiary/aromatic N) is 3. The first-order chi connectivity index (χ1) is 13.5. The summed E-state index contributed by atoms with van der Waals surface area (Å²) in [6.45, 7) is 7.39.